The van der Waals surface area contributed by atoms with E-state index in [1.54, 1.807) is 24.4 Å². The molecule has 1 aromatic carbocycles. The molecule has 118 valence electrons. The first kappa shape index (κ1) is 14.8. The zero-order valence-corrected chi connectivity index (χ0v) is 12.9. The number of rotatable bonds is 4. The third-order valence-corrected chi connectivity index (χ3v) is 3.46. The number of benzene rings is 1. The quantitative estimate of drug-likeness (QED) is 0.549. The van der Waals surface area contributed by atoms with Crippen LogP contribution >= 0.6 is 0 Å². The molecule has 6 N–H and O–H groups in total. The zero-order chi connectivity index (χ0) is 16.6. The molecule has 0 aliphatic carbocycles. The third kappa shape index (κ3) is 2.68. The van der Waals surface area contributed by atoms with Gasteiger partial charge in [-0.15, -0.1) is 0 Å². The molecule has 0 spiro atoms. The Bertz CT molecular complexity index is 883. The lowest BCUT2D eigenvalue weighted by molar-refractivity contribution is 0.460. The summed E-state index contributed by atoms with van der Waals surface area (Å²) in [5, 5.41) is 16.2. The van der Waals surface area contributed by atoms with Crippen LogP contribution in [0.4, 0.5) is 17.3 Å². The van der Waals surface area contributed by atoms with Gasteiger partial charge in [0.05, 0.1) is 16.7 Å². The van der Waals surface area contributed by atoms with Crippen molar-refractivity contribution in [1.29, 1.82) is 5.41 Å². The zero-order valence-electron chi connectivity index (χ0n) is 12.9. The Kier molecular flexibility index (Phi) is 3.61. The van der Waals surface area contributed by atoms with Gasteiger partial charge in [-0.1, -0.05) is 5.16 Å². The van der Waals surface area contributed by atoms with Crippen LogP contribution in [0.1, 0.15) is 25.0 Å². The lowest BCUT2D eigenvalue weighted by Crippen LogP contribution is -2.16. The Balaban J connectivity index is 2.09. The highest BCUT2D eigenvalue weighted by molar-refractivity contribution is 6.17. The minimum absolute atomic E-state index is 0.208. The van der Waals surface area contributed by atoms with Crippen molar-refractivity contribution < 1.29 is 4.52 Å². The maximum absolute atomic E-state index is 8.54. The standard InChI is InChI=1S/C16H18N6O/c1-8(2)21-11-5-6-20-16(19)13(11)14(17)9-3-4-12-10(7-9)15(18)22-23-12/h3-8,17H,1-2H3,(H2,18,22)(H3,19,20,21). The van der Waals surface area contributed by atoms with Crippen molar-refractivity contribution in [3.8, 4) is 0 Å². The normalized spacial score (nSPS) is 11.1. The second-order valence-electron chi connectivity index (χ2n) is 5.57. The molecule has 3 aromatic rings. The van der Waals surface area contributed by atoms with Crippen LogP contribution in [-0.4, -0.2) is 21.9 Å². The Labute approximate surface area is 133 Å². The van der Waals surface area contributed by atoms with Crippen LogP contribution in [0.3, 0.4) is 0 Å². The van der Waals surface area contributed by atoms with Gasteiger partial charge in [-0.3, -0.25) is 5.41 Å². The van der Waals surface area contributed by atoms with Crippen molar-refractivity contribution in [2.24, 2.45) is 0 Å². The largest absolute Gasteiger partial charge is 0.383 e. The molecule has 7 heteroatoms. The highest BCUT2D eigenvalue weighted by Crippen LogP contribution is 2.27. The van der Waals surface area contributed by atoms with Gasteiger partial charge >= 0.3 is 0 Å². The molecule has 0 radical (unpaired) electrons. The van der Waals surface area contributed by atoms with Crippen LogP contribution in [0, 0.1) is 5.41 Å². The molecule has 23 heavy (non-hydrogen) atoms. The van der Waals surface area contributed by atoms with Crippen molar-refractivity contribution in [3.63, 3.8) is 0 Å². The van der Waals surface area contributed by atoms with E-state index in [1.807, 2.05) is 19.9 Å². The maximum atomic E-state index is 8.54. The van der Waals surface area contributed by atoms with Crippen LogP contribution in [-0.2, 0) is 0 Å². The molecular weight excluding hydrogens is 292 g/mol. The highest BCUT2D eigenvalue weighted by Gasteiger charge is 2.17. The van der Waals surface area contributed by atoms with E-state index in [1.165, 1.54) is 0 Å². The second kappa shape index (κ2) is 5.60. The van der Waals surface area contributed by atoms with Gasteiger partial charge in [0.2, 0.25) is 0 Å². The average molecular weight is 310 g/mol. The number of hydrogen-bond acceptors (Lipinski definition) is 7. The maximum Gasteiger partial charge on any atom is 0.174 e. The van der Waals surface area contributed by atoms with E-state index in [2.05, 4.69) is 15.5 Å². The number of fused-ring (bicyclic) bond motifs is 1. The van der Waals surface area contributed by atoms with Gasteiger partial charge < -0.3 is 21.3 Å². The fraction of sp³-hybridized carbons (Fsp3) is 0.188. The van der Waals surface area contributed by atoms with Gasteiger partial charge in [-0.2, -0.15) is 0 Å². The van der Waals surface area contributed by atoms with Gasteiger partial charge in [0.15, 0.2) is 11.4 Å². The number of nitrogens with zero attached hydrogens (tertiary/aromatic N) is 2. The monoisotopic (exact) mass is 310 g/mol. The van der Waals surface area contributed by atoms with E-state index in [9.17, 15) is 0 Å². The Morgan fingerprint density at radius 2 is 2.00 bits per heavy atom. The number of nitrogens with one attached hydrogen (secondary N) is 2. The van der Waals surface area contributed by atoms with E-state index < -0.39 is 0 Å². The number of anilines is 3. The summed E-state index contributed by atoms with van der Waals surface area (Å²) in [7, 11) is 0. The summed E-state index contributed by atoms with van der Waals surface area (Å²) < 4.78 is 5.09. The van der Waals surface area contributed by atoms with E-state index in [0.29, 0.717) is 33.7 Å². The topological polar surface area (TPSA) is 127 Å². The van der Waals surface area contributed by atoms with Crippen molar-refractivity contribution in [2.75, 3.05) is 16.8 Å². The molecule has 3 rings (SSSR count). The lowest BCUT2D eigenvalue weighted by atomic mass is 10.00. The SMILES string of the molecule is CC(C)Nc1ccnc(N)c1C(=N)c1ccc2onc(N)c2c1. The number of pyridine rings is 1. The van der Waals surface area contributed by atoms with Crippen LogP contribution in [0.2, 0.25) is 0 Å². The van der Waals surface area contributed by atoms with Gasteiger partial charge in [0.25, 0.3) is 0 Å². The lowest BCUT2D eigenvalue weighted by Gasteiger charge is -2.16. The minimum Gasteiger partial charge on any atom is -0.383 e. The summed E-state index contributed by atoms with van der Waals surface area (Å²) in [5.74, 6) is 0.605. The summed E-state index contributed by atoms with van der Waals surface area (Å²) >= 11 is 0. The minimum atomic E-state index is 0.208. The molecule has 0 bridgehead atoms. The highest BCUT2D eigenvalue weighted by atomic mass is 16.5. The van der Waals surface area contributed by atoms with Gasteiger partial charge in [0, 0.05) is 23.5 Å². The molecule has 0 aliphatic heterocycles. The molecule has 0 saturated carbocycles. The molecule has 0 fully saturated rings. The van der Waals surface area contributed by atoms with Crippen molar-refractivity contribution in [3.05, 3.63) is 41.6 Å². The first-order chi connectivity index (χ1) is 11.0. The fourth-order valence-electron chi connectivity index (χ4n) is 2.43. The summed E-state index contributed by atoms with van der Waals surface area (Å²) in [5.41, 5.74) is 14.6. The number of nitrogens with two attached hydrogens (primary N) is 2. The Morgan fingerprint density at radius 1 is 1.22 bits per heavy atom. The molecule has 2 heterocycles. The summed E-state index contributed by atoms with van der Waals surface area (Å²) in [6.07, 6.45) is 1.62. The predicted octanol–water partition coefficient (Wildman–Crippen LogP) is 2.62. The smallest absolute Gasteiger partial charge is 0.174 e. The molecule has 0 unspecified atom stereocenters. The Hall–Kier alpha value is -3.09. The number of aromatic nitrogens is 2. The van der Waals surface area contributed by atoms with Gasteiger partial charge in [-0.05, 0) is 38.1 Å². The molecule has 7 nitrogen and oxygen atoms in total. The number of hydrogen-bond donors (Lipinski definition) is 4. The molecule has 0 aliphatic rings. The molecule has 2 aromatic heterocycles. The van der Waals surface area contributed by atoms with Crippen LogP contribution in [0.25, 0.3) is 11.0 Å². The average Bonchev–Trinajstić information content (AvgIpc) is 2.87. The van der Waals surface area contributed by atoms with Crippen molar-refractivity contribution in [1.82, 2.24) is 10.1 Å². The third-order valence-electron chi connectivity index (χ3n) is 3.46. The Morgan fingerprint density at radius 3 is 2.74 bits per heavy atom. The van der Waals surface area contributed by atoms with Crippen molar-refractivity contribution >= 4 is 34.0 Å². The predicted molar refractivity (Wildman–Crippen MR) is 91.8 cm³/mol. The van der Waals surface area contributed by atoms with E-state index in [4.69, 9.17) is 21.4 Å². The summed E-state index contributed by atoms with van der Waals surface area (Å²) in [6.45, 7) is 4.04. The van der Waals surface area contributed by atoms with Crippen molar-refractivity contribution in [2.45, 2.75) is 19.9 Å². The fourth-order valence-corrected chi connectivity index (χ4v) is 2.43. The summed E-state index contributed by atoms with van der Waals surface area (Å²) in [6, 6.07) is 7.31. The molecule has 0 atom stereocenters. The first-order valence-electron chi connectivity index (χ1n) is 7.22. The molecule has 0 amide bonds. The molecular formula is C16H18N6O. The number of nitrogen functional groups attached to an aromatic ring is 2. The van der Waals surface area contributed by atoms with Gasteiger partial charge in [-0.25, -0.2) is 4.98 Å². The van der Waals surface area contributed by atoms with E-state index in [-0.39, 0.29) is 11.8 Å². The van der Waals surface area contributed by atoms with Gasteiger partial charge in [0.1, 0.15) is 5.82 Å². The van der Waals surface area contributed by atoms with Crippen LogP contribution in [0.5, 0.6) is 0 Å². The molecule has 0 saturated heterocycles. The van der Waals surface area contributed by atoms with E-state index >= 15 is 0 Å². The van der Waals surface area contributed by atoms with E-state index in [0.717, 1.165) is 5.69 Å². The first-order valence-corrected chi connectivity index (χ1v) is 7.22. The second-order valence-corrected chi connectivity index (χ2v) is 5.57. The van der Waals surface area contributed by atoms with Crippen LogP contribution < -0.4 is 16.8 Å². The van der Waals surface area contributed by atoms with Crippen LogP contribution in [0.15, 0.2) is 35.0 Å². The summed E-state index contributed by atoms with van der Waals surface area (Å²) in [4.78, 5) is 4.10.